The first-order valence-electron chi connectivity index (χ1n) is 6.46. The predicted octanol–water partition coefficient (Wildman–Crippen LogP) is 3.08. The van der Waals surface area contributed by atoms with Gasteiger partial charge in [-0.1, -0.05) is 12.1 Å². The maximum Gasteiger partial charge on any atom is 0.269 e. The number of hydrogen-bond acceptors (Lipinski definition) is 5. The van der Waals surface area contributed by atoms with Gasteiger partial charge in [0.1, 0.15) is 12.4 Å². The number of benzene rings is 2. The fourth-order valence-corrected chi connectivity index (χ4v) is 1.99. The van der Waals surface area contributed by atoms with E-state index >= 15 is 0 Å². The number of nitro groups is 1. The first-order valence-corrected chi connectivity index (χ1v) is 6.46. The van der Waals surface area contributed by atoms with Gasteiger partial charge in [-0.05, 0) is 37.1 Å². The third-order valence-corrected chi connectivity index (χ3v) is 3.39. The maximum atomic E-state index is 10.8. The zero-order valence-corrected chi connectivity index (χ0v) is 11.9. The van der Waals surface area contributed by atoms with Crippen molar-refractivity contribution < 1.29 is 9.66 Å². The van der Waals surface area contributed by atoms with Gasteiger partial charge in [-0.15, -0.1) is 0 Å². The molecule has 6 nitrogen and oxygen atoms in total. The summed E-state index contributed by atoms with van der Waals surface area (Å²) in [5.41, 5.74) is 5.94. The number of nitrogens with one attached hydrogen (secondary N) is 1. The molecule has 0 aliphatic rings. The topological polar surface area (TPSA) is 90.4 Å². The van der Waals surface area contributed by atoms with Gasteiger partial charge < -0.3 is 10.2 Å². The average molecular weight is 287 g/mol. The van der Waals surface area contributed by atoms with Crippen LogP contribution in [0.1, 0.15) is 16.7 Å². The summed E-state index contributed by atoms with van der Waals surface area (Å²) in [6, 6.07) is 10.2. The van der Waals surface area contributed by atoms with Crippen LogP contribution in [-0.4, -0.2) is 4.92 Å². The number of nitrogen functional groups attached to an aromatic ring is 1. The Morgan fingerprint density at radius 2 is 2.05 bits per heavy atom. The van der Waals surface area contributed by atoms with Gasteiger partial charge in [-0.3, -0.25) is 16.0 Å². The molecule has 0 fully saturated rings. The lowest BCUT2D eigenvalue weighted by Crippen LogP contribution is -2.11. The Morgan fingerprint density at radius 3 is 2.71 bits per heavy atom. The molecular formula is C15H17N3O3. The van der Waals surface area contributed by atoms with E-state index in [-0.39, 0.29) is 12.3 Å². The molecule has 0 aromatic heterocycles. The number of nitrogens with two attached hydrogens (primary N) is 1. The fourth-order valence-electron chi connectivity index (χ4n) is 1.99. The molecule has 6 heteroatoms. The molecule has 0 heterocycles. The number of nitrogens with zero attached hydrogens (tertiary/aromatic N) is 1. The largest absolute Gasteiger partial charge is 0.489 e. The highest BCUT2D eigenvalue weighted by Crippen LogP contribution is 2.25. The minimum Gasteiger partial charge on any atom is -0.489 e. The van der Waals surface area contributed by atoms with Gasteiger partial charge in [-0.25, -0.2) is 0 Å². The van der Waals surface area contributed by atoms with Crippen LogP contribution in [0, 0.1) is 24.0 Å². The van der Waals surface area contributed by atoms with Crippen molar-refractivity contribution in [3.63, 3.8) is 0 Å². The highest BCUT2D eigenvalue weighted by atomic mass is 16.6. The summed E-state index contributed by atoms with van der Waals surface area (Å²) in [5.74, 6) is 6.18. The molecule has 2 rings (SSSR count). The van der Waals surface area contributed by atoms with E-state index in [1.807, 2.05) is 32.0 Å². The van der Waals surface area contributed by atoms with Crippen molar-refractivity contribution in [1.82, 2.24) is 0 Å². The number of anilines is 1. The Hall–Kier alpha value is -2.60. The lowest BCUT2D eigenvalue weighted by atomic mass is 10.1. The summed E-state index contributed by atoms with van der Waals surface area (Å²) in [5, 5.41) is 10.8. The summed E-state index contributed by atoms with van der Waals surface area (Å²) < 4.78 is 5.76. The molecule has 0 saturated carbocycles. The number of hydrogen-bond donors (Lipinski definition) is 2. The van der Waals surface area contributed by atoms with Crippen LogP contribution in [0.15, 0.2) is 36.4 Å². The number of hydrazine groups is 1. The van der Waals surface area contributed by atoms with E-state index in [9.17, 15) is 10.1 Å². The highest BCUT2D eigenvalue weighted by Gasteiger charge is 2.11. The maximum absolute atomic E-state index is 10.8. The van der Waals surface area contributed by atoms with E-state index < -0.39 is 4.92 Å². The van der Waals surface area contributed by atoms with E-state index in [1.54, 1.807) is 6.07 Å². The summed E-state index contributed by atoms with van der Waals surface area (Å²) in [4.78, 5) is 10.4. The molecule has 2 aromatic carbocycles. The lowest BCUT2D eigenvalue weighted by molar-refractivity contribution is -0.384. The monoisotopic (exact) mass is 287 g/mol. The Labute approximate surface area is 122 Å². The van der Waals surface area contributed by atoms with Gasteiger partial charge in [0.2, 0.25) is 0 Å². The first kappa shape index (κ1) is 14.8. The van der Waals surface area contributed by atoms with E-state index in [0.717, 1.165) is 16.9 Å². The Morgan fingerprint density at radius 1 is 1.29 bits per heavy atom. The zero-order chi connectivity index (χ0) is 15.4. The van der Waals surface area contributed by atoms with Gasteiger partial charge in [0, 0.05) is 17.7 Å². The summed E-state index contributed by atoms with van der Waals surface area (Å²) in [6.07, 6.45) is 0. The van der Waals surface area contributed by atoms with E-state index in [4.69, 9.17) is 10.6 Å². The van der Waals surface area contributed by atoms with Crippen LogP contribution < -0.4 is 16.0 Å². The molecule has 3 N–H and O–H groups in total. The van der Waals surface area contributed by atoms with Gasteiger partial charge in [0.25, 0.3) is 5.69 Å². The van der Waals surface area contributed by atoms with Gasteiger partial charge >= 0.3 is 0 Å². The second-order valence-corrected chi connectivity index (χ2v) is 4.73. The quantitative estimate of drug-likeness (QED) is 0.501. The number of non-ortho nitro benzene ring substituents is 1. The summed E-state index contributed by atoms with van der Waals surface area (Å²) >= 11 is 0. The highest BCUT2D eigenvalue weighted by molar-refractivity contribution is 5.55. The third kappa shape index (κ3) is 3.29. The predicted molar refractivity (Wildman–Crippen MR) is 81.2 cm³/mol. The Kier molecular flexibility index (Phi) is 4.39. The molecule has 0 bridgehead atoms. The smallest absolute Gasteiger partial charge is 0.269 e. The molecule has 0 amide bonds. The fraction of sp³-hybridized carbons (Fsp3) is 0.200. The number of ether oxygens (including phenoxy) is 1. The molecule has 2 aromatic rings. The summed E-state index contributed by atoms with van der Waals surface area (Å²) in [6.45, 7) is 4.17. The zero-order valence-electron chi connectivity index (χ0n) is 11.9. The van der Waals surface area contributed by atoms with Crippen molar-refractivity contribution >= 4 is 11.4 Å². The SMILES string of the molecule is Cc1cccc(OCc2cc([N+](=O)[O-])ccc2NN)c1C. The summed E-state index contributed by atoms with van der Waals surface area (Å²) in [7, 11) is 0. The van der Waals surface area contributed by atoms with Crippen molar-refractivity contribution in [2.24, 2.45) is 5.84 Å². The molecule has 0 saturated heterocycles. The van der Waals surface area contributed by atoms with Crippen LogP contribution in [0.4, 0.5) is 11.4 Å². The molecule has 0 unspecified atom stereocenters. The minimum atomic E-state index is -0.443. The van der Waals surface area contributed by atoms with Crippen LogP contribution in [0.5, 0.6) is 5.75 Å². The van der Waals surface area contributed by atoms with E-state index in [2.05, 4.69) is 5.43 Å². The average Bonchev–Trinajstić information content (AvgIpc) is 2.48. The molecule has 0 aliphatic carbocycles. The standard InChI is InChI=1S/C15H17N3O3/c1-10-4-3-5-15(11(10)2)21-9-12-8-13(18(19)20)6-7-14(12)17-16/h3-8,17H,9,16H2,1-2H3. The lowest BCUT2D eigenvalue weighted by Gasteiger charge is -2.13. The van der Waals surface area contributed by atoms with E-state index in [1.165, 1.54) is 12.1 Å². The molecule has 0 aliphatic heterocycles. The van der Waals surface area contributed by atoms with Gasteiger partial charge in [0.15, 0.2) is 0 Å². The Bertz CT molecular complexity index is 671. The second kappa shape index (κ2) is 6.23. The van der Waals surface area contributed by atoms with Crippen LogP contribution in [0.25, 0.3) is 0 Å². The van der Waals surface area contributed by atoms with Crippen molar-refractivity contribution in [3.05, 3.63) is 63.2 Å². The van der Waals surface area contributed by atoms with Crippen molar-refractivity contribution in [3.8, 4) is 5.75 Å². The first-order chi connectivity index (χ1) is 10.0. The molecule has 110 valence electrons. The van der Waals surface area contributed by atoms with Crippen molar-refractivity contribution in [1.29, 1.82) is 0 Å². The molecule has 0 atom stereocenters. The number of nitro benzene ring substituents is 1. The number of rotatable bonds is 5. The molecular weight excluding hydrogens is 270 g/mol. The minimum absolute atomic E-state index is 0.00793. The van der Waals surface area contributed by atoms with E-state index in [0.29, 0.717) is 11.3 Å². The third-order valence-electron chi connectivity index (χ3n) is 3.39. The van der Waals surface area contributed by atoms with Crippen LogP contribution in [-0.2, 0) is 6.61 Å². The normalized spacial score (nSPS) is 10.2. The second-order valence-electron chi connectivity index (χ2n) is 4.73. The molecule has 0 spiro atoms. The molecule has 21 heavy (non-hydrogen) atoms. The number of aryl methyl sites for hydroxylation is 1. The van der Waals surface area contributed by atoms with Crippen LogP contribution in [0.3, 0.4) is 0 Å². The Balaban J connectivity index is 2.24. The van der Waals surface area contributed by atoms with Gasteiger partial charge in [0.05, 0.1) is 10.6 Å². The van der Waals surface area contributed by atoms with Crippen molar-refractivity contribution in [2.45, 2.75) is 20.5 Å². The van der Waals surface area contributed by atoms with Crippen LogP contribution >= 0.6 is 0 Å². The molecule has 0 radical (unpaired) electrons. The van der Waals surface area contributed by atoms with Gasteiger partial charge in [-0.2, -0.15) is 0 Å². The van der Waals surface area contributed by atoms with Crippen molar-refractivity contribution in [2.75, 3.05) is 5.43 Å². The van der Waals surface area contributed by atoms with Crippen LogP contribution in [0.2, 0.25) is 0 Å².